The Kier molecular flexibility index (Phi) is 5.89. The minimum atomic E-state index is -4.84. The molecule has 0 atom stereocenters. The minimum absolute atomic E-state index is 0.0104. The molecule has 0 spiro atoms. The molecule has 1 aromatic heterocycles. The van der Waals surface area contributed by atoms with Gasteiger partial charge < -0.3 is 4.74 Å². The summed E-state index contributed by atoms with van der Waals surface area (Å²) < 4.78 is 41.7. The van der Waals surface area contributed by atoms with Crippen molar-refractivity contribution in [1.29, 1.82) is 0 Å². The van der Waals surface area contributed by atoms with Crippen LogP contribution in [0.2, 0.25) is 0 Å². The van der Waals surface area contributed by atoms with Crippen molar-refractivity contribution >= 4 is 29.2 Å². The van der Waals surface area contributed by atoms with Gasteiger partial charge in [0.05, 0.1) is 13.2 Å². The van der Waals surface area contributed by atoms with Crippen molar-refractivity contribution in [3.8, 4) is 5.75 Å². The van der Waals surface area contributed by atoms with Crippen molar-refractivity contribution in [2.45, 2.75) is 19.5 Å². The number of carbonyl (C=O) groups is 3. The lowest BCUT2D eigenvalue weighted by Crippen LogP contribution is -2.40. The summed E-state index contributed by atoms with van der Waals surface area (Å²) in [5, 5.41) is 1.79. The van der Waals surface area contributed by atoms with Crippen LogP contribution in [0.1, 0.15) is 10.4 Å². The van der Waals surface area contributed by atoms with E-state index in [1.54, 1.807) is 23.6 Å². The first-order chi connectivity index (χ1) is 13.7. The number of hydrogen-bond donors (Lipinski definition) is 0. The highest BCUT2D eigenvalue weighted by Gasteiger charge is 2.44. The Morgan fingerprint density at radius 3 is 2.38 bits per heavy atom. The van der Waals surface area contributed by atoms with Crippen molar-refractivity contribution in [2.75, 3.05) is 13.7 Å². The molecule has 0 bridgehead atoms. The monoisotopic (exact) mass is 427 g/mol. The molecule has 1 aliphatic heterocycles. The van der Waals surface area contributed by atoms with Gasteiger partial charge in [0.1, 0.15) is 5.75 Å². The number of alkyl halides is 3. The fourth-order valence-corrected chi connectivity index (χ4v) is 3.51. The molecular formula is C18H16F3N3O4S. The maximum absolute atomic E-state index is 12.6. The standard InChI is InChI=1S/C18H16F3N3O4S/c1-22(9-12-5-2-3-7-14(12)28-18(19,20)21)11-24-16(26)15(25)23(17(24)27)10-13-6-4-8-29-13/h2-8H,9-11H2,1H3. The fraction of sp³-hybridized carbons (Fsp3) is 0.278. The van der Waals surface area contributed by atoms with Crippen molar-refractivity contribution in [2.24, 2.45) is 0 Å². The van der Waals surface area contributed by atoms with Gasteiger partial charge in [-0.15, -0.1) is 24.5 Å². The van der Waals surface area contributed by atoms with Crippen LogP contribution in [0.25, 0.3) is 0 Å². The molecule has 0 N–H and O–H groups in total. The molecule has 2 aromatic rings. The Bertz CT molecular complexity index is 917. The molecule has 4 amide bonds. The molecule has 0 unspecified atom stereocenters. The zero-order valence-electron chi connectivity index (χ0n) is 15.2. The molecule has 29 heavy (non-hydrogen) atoms. The van der Waals surface area contributed by atoms with E-state index in [-0.39, 0.29) is 31.1 Å². The van der Waals surface area contributed by atoms with Gasteiger partial charge in [-0.3, -0.25) is 19.4 Å². The number of halogens is 3. The predicted octanol–water partition coefficient (Wildman–Crippen LogP) is 3.03. The summed E-state index contributed by atoms with van der Waals surface area (Å²) in [7, 11) is 1.51. The number of urea groups is 1. The number of rotatable bonds is 7. The fourth-order valence-electron chi connectivity index (χ4n) is 2.81. The minimum Gasteiger partial charge on any atom is -0.405 e. The van der Waals surface area contributed by atoms with Gasteiger partial charge in [-0.1, -0.05) is 24.3 Å². The molecule has 7 nitrogen and oxygen atoms in total. The lowest BCUT2D eigenvalue weighted by Gasteiger charge is -2.23. The van der Waals surface area contributed by atoms with Crippen molar-refractivity contribution in [1.82, 2.24) is 14.7 Å². The topological polar surface area (TPSA) is 70.2 Å². The Balaban J connectivity index is 1.68. The molecule has 1 aliphatic rings. The Morgan fingerprint density at radius 1 is 1.03 bits per heavy atom. The number of amides is 4. The SMILES string of the molecule is CN(Cc1ccccc1OC(F)(F)F)CN1C(=O)C(=O)N(Cc2cccs2)C1=O. The maximum Gasteiger partial charge on any atom is 0.573 e. The predicted molar refractivity (Wildman–Crippen MR) is 96.6 cm³/mol. The Hall–Kier alpha value is -2.92. The highest BCUT2D eigenvalue weighted by molar-refractivity contribution is 7.09. The lowest BCUT2D eigenvalue weighted by molar-refractivity contribution is -0.275. The summed E-state index contributed by atoms with van der Waals surface area (Å²) in [6.45, 7) is -0.309. The summed E-state index contributed by atoms with van der Waals surface area (Å²) in [6, 6.07) is 8.31. The average Bonchev–Trinajstić information content (AvgIpc) is 3.22. The molecule has 2 heterocycles. The van der Waals surface area contributed by atoms with Gasteiger partial charge in [0, 0.05) is 17.0 Å². The lowest BCUT2D eigenvalue weighted by atomic mass is 10.2. The molecule has 154 valence electrons. The van der Waals surface area contributed by atoms with Crippen LogP contribution in [0.5, 0.6) is 5.75 Å². The van der Waals surface area contributed by atoms with Crippen LogP contribution in [-0.4, -0.2) is 52.6 Å². The molecule has 0 aliphatic carbocycles. The van der Waals surface area contributed by atoms with E-state index >= 15 is 0 Å². The molecule has 0 radical (unpaired) electrons. The van der Waals surface area contributed by atoms with Gasteiger partial charge in [-0.25, -0.2) is 9.69 Å². The van der Waals surface area contributed by atoms with Crippen LogP contribution in [0.15, 0.2) is 41.8 Å². The van der Waals surface area contributed by atoms with Gasteiger partial charge in [-0.2, -0.15) is 0 Å². The van der Waals surface area contributed by atoms with Crippen LogP contribution < -0.4 is 4.74 Å². The van der Waals surface area contributed by atoms with Crippen LogP contribution in [-0.2, 0) is 22.7 Å². The summed E-state index contributed by atoms with van der Waals surface area (Å²) >= 11 is 1.35. The number of hydrogen-bond acceptors (Lipinski definition) is 6. The quantitative estimate of drug-likeness (QED) is 0.502. The van der Waals surface area contributed by atoms with E-state index in [9.17, 15) is 27.6 Å². The zero-order chi connectivity index (χ0) is 21.2. The number of nitrogens with zero attached hydrogens (tertiary/aromatic N) is 3. The summed E-state index contributed by atoms with van der Waals surface area (Å²) in [5.41, 5.74) is 0.216. The van der Waals surface area contributed by atoms with Crippen LogP contribution in [0, 0.1) is 0 Å². The van der Waals surface area contributed by atoms with Crippen molar-refractivity contribution in [3.63, 3.8) is 0 Å². The van der Waals surface area contributed by atoms with E-state index in [4.69, 9.17) is 0 Å². The number of ether oxygens (including phenoxy) is 1. The first-order valence-electron chi connectivity index (χ1n) is 8.37. The number of para-hydroxylation sites is 1. The van der Waals surface area contributed by atoms with E-state index in [0.29, 0.717) is 0 Å². The summed E-state index contributed by atoms with van der Waals surface area (Å²) in [4.78, 5) is 40.7. The third-order valence-corrected chi connectivity index (χ3v) is 4.91. The van der Waals surface area contributed by atoms with Crippen molar-refractivity contribution in [3.05, 3.63) is 52.2 Å². The largest absolute Gasteiger partial charge is 0.573 e. The first kappa shape index (κ1) is 20.8. The van der Waals surface area contributed by atoms with E-state index in [1.807, 2.05) is 0 Å². The first-order valence-corrected chi connectivity index (χ1v) is 9.25. The van der Waals surface area contributed by atoms with Crippen molar-refractivity contribution < 1.29 is 32.3 Å². The summed E-state index contributed by atoms with van der Waals surface area (Å²) in [5.74, 6) is -2.28. The highest BCUT2D eigenvalue weighted by atomic mass is 32.1. The maximum atomic E-state index is 12.6. The average molecular weight is 427 g/mol. The number of carbonyl (C=O) groups excluding carboxylic acids is 3. The van der Waals surface area contributed by atoms with E-state index in [1.165, 1.54) is 41.5 Å². The van der Waals surface area contributed by atoms with Crippen LogP contribution in [0.3, 0.4) is 0 Å². The van der Waals surface area contributed by atoms with E-state index < -0.39 is 24.2 Å². The van der Waals surface area contributed by atoms with E-state index in [0.717, 1.165) is 14.7 Å². The van der Waals surface area contributed by atoms with Crippen LogP contribution >= 0.6 is 11.3 Å². The number of benzene rings is 1. The van der Waals surface area contributed by atoms with Gasteiger partial charge in [0.15, 0.2) is 0 Å². The summed E-state index contributed by atoms with van der Waals surface area (Å²) in [6.07, 6.45) is -4.84. The highest BCUT2D eigenvalue weighted by Crippen LogP contribution is 2.27. The van der Waals surface area contributed by atoms with Crippen LogP contribution in [0.4, 0.5) is 18.0 Å². The number of thiophene rings is 1. The third-order valence-electron chi connectivity index (χ3n) is 4.05. The van der Waals surface area contributed by atoms with Gasteiger partial charge in [-0.05, 0) is 24.6 Å². The smallest absolute Gasteiger partial charge is 0.405 e. The molecule has 11 heteroatoms. The second-order valence-electron chi connectivity index (χ2n) is 6.30. The Labute approximate surface area is 167 Å². The van der Waals surface area contributed by atoms with Gasteiger partial charge in [0.25, 0.3) is 0 Å². The van der Waals surface area contributed by atoms with E-state index in [2.05, 4.69) is 4.74 Å². The van der Waals surface area contributed by atoms with Gasteiger partial charge >= 0.3 is 24.2 Å². The molecular weight excluding hydrogens is 411 g/mol. The zero-order valence-corrected chi connectivity index (χ0v) is 16.0. The second kappa shape index (κ2) is 8.21. The second-order valence-corrected chi connectivity index (χ2v) is 7.33. The Morgan fingerprint density at radius 2 is 1.72 bits per heavy atom. The third kappa shape index (κ3) is 4.93. The molecule has 1 aromatic carbocycles. The molecule has 1 saturated heterocycles. The molecule has 0 saturated carbocycles. The normalized spacial score (nSPS) is 15.0. The molecule has 3 rings (SSSR count). The molecule has 1 fully saturated rings. The van der Waals surface area contributed by atoms with Gasteiger partial charge in [0.2, 0.25) is 0 Å². The number of imide groups is 2.